The SMILES string of the molecule is COc1ccc(N)c(Nc2ccc(I)cc2Cl)c1. The van der Waals surface area contributed by atoms with Crippen molar-refractivity contribution in [2.24, 2.45) is 0 Å². The van der Waals surface area contributed by atoms with Crippen LogP contribution in [0.15, 0.2) is 36.4 Å². The molecule has 94 valence electrons. The Hall–Kier alpha value is -1.14. The fourth-order valence-corrected chi connectivity index (χ4v) is 2.41. The molecule has 2 aromatic carbocycles. The van der Waals surface area contributed by atoms with Crippen LogP contribution in [0.2, 0.25) is 5.02 Å². The van der Waals surface area contributed by atoms with Gasteiger partial charge < -0.3 is 15.8 Å². The highest BCUT2D eigenvalue weighted by molar-refractivity contribution is 14.1. The number of rotatable bonds is 3. The van der Waals surface area contributed by atoms with E-state index in [0.29, 0.717) is 10.7 Å². The standard InChI is InChI=1S/C13H12ClIN2O/c1-18-9-3-4-11(16)13(7-9)17-12-5-2-8(15)6-10(12)14/h2-7,17H,16H2,1H3. The number of hydrogen-bond acceptors (Lipinski definition) is 3. The first-order chi connectivity index (χ1) is 8.60. The summed E-state index contributed by atoms with van der Waals surface area (Å²) in [6.07, 6.45) is 0. The van der Waals surface area contributed by atoms with Gasteiger partial charge in [-0.25, -0.2) is 0 Å². The largest absolute Gasteiger partial charge is 0.497 e. The monoisotopic (exact) mass is 374 g/mol. The molecule has 0 saturated heterocycles. The minimum absolute atomic E-state index is 0.644. The van der Waals surface area contributed by atoms with Gasteiger partial charge in [0.1, 0.15) is 5.75 Å². The van der Waals surface area contributed by atoms with E-state index in [2.05, 4.69) is 27.9 Å². The van der Waals surface area contributed by atoms with Gasteiger partial charge in [-0.1, -0.05) is 11.6 Å². The van der Waals surface area contributed by atoms with Gasteiger partial charge in [0, 0.05) is 9.64 Å². The molecule has 2 aromatic rings. The lowest BCUT2D eigenvalue weighted by atomic mass is 10.2. The molecule has 0 aliphatic carbocycles. The summed E-state index contributed by atoms with van der Waals surface area (Å²) in [5.74, 6) is 0.744. The van der Waals surface area contributed by atoms with Crippen LogP contribution in [0.4, 0.5) is 17.1 Å². The first-order valence-corrected chi connectivity index (χ1v) is 6.71. The Balaban J connectivity index is 2.33. The molecule has 0 amide bonds. The van der Waals surface area contributed by atoms with Crippen molar-refractivity contribution < 1.29 is 4.74 Å². The van der Waals surface area contributed by atoms with Gasteiger partial charge in [-0.2, -0.15) is 0 Å². The van der Waals surface area contributed by atoms with E-state index in [1.165, 1.54) is 0 Å². The van der Waals surface area contributed by atoms with E-state index in [1.54, 1.807) is 13.2 Å². The summed E-state index contributed by atoms with van der Waals surface area (Å²) in [5.41, 5.74) is 8.15. The predicted octanol–water partition coefficient (Wildman–Crippen LogP) is 4.28. The second-order valence-electron chi connectivity index (χ2n) is 3.70. The van der Waals surface area contributed by atoms with E-state index >= 15 is 0 Å². The maximum Gasteiger partial charge on any atom is 0.121 e. The van der Waals surface area contributed by atoms with Crippen LogP contribution in [0.25, 0.3) is 0 Å². The number of nitrogens with two attached hydrogens (primary N) is 1. The van der Waals surface area contributed by atoms with E-state index in [0.717, 1.165) is 20.7 Å². The predicted molar refractivity (Wildman–Crippen MR) is 84.9 cm³/mol. The molecule has 0 fully saturated rings. The maximum absolute atomic E-state index is 6.17. The topological polar surface area (TPSA) is 47.3 Å². The summed E-state index contributed by atoms with van der Waals surface area (Å²) >= 11 is 8.38. The molecule has 0 aliphatic rings. The quantitative estimate of drug-likeness (QED) is 0.623. The van der Waals surface area contributed by atoms with Crippen molar-refractivity contribution in [3.05, 3.63) is 45.0 Å². The number of anilines is 3. The maximum atomic E-state index is 6.17. The summed E-state index contributed by atoms with van der Waals surface area (Å²) in [7, 11) is 1.62. The molecule has 0 heterocycles. The van der Waals surface area contributed by atoms with Gasteiger partial charge in [-0.3, -0.25) is 0 Å². The number of methoxy groups -OCH3 is 1. The van der Waals surface area contributed by atoms with Gasteiger partial charge in [0.25, 0.3) is 0 Å². The molecule has 3 nitrogen and oxygen atoms in total. The highest BCUT2D eigenvalue weighted by Gasteiger charge is 2.05. The third kappa shape index (κ3) is 3.00. The summed E-state index contributed by atoms with van der Waals surface area (Å²) in [5, 5.41) is 3.86. The average molecular weight is 375 g/mol. The Labute approximate surface area is 124 Å². The number of halogens is 2. The lowest BCUT2D eigenvalue weighted by Gasteiger charge is -2.12. The molecule has 0 aliphatic heterocycles. The molecule has 0 bridgehead atoms. The number of nitrogen functional groups attached to an aromatic ring is 1. The van der Waals surface area contributed by atoms with Gasteiger partial charge in [0.15, 0.2) is 0 Å². The molecule has 3 N–H and O–H groups in total. The summed E-state index contributed by atoms with van der Waals surface area (Å²) in [4.78, 5) is 0. The molecule has 0 unspecified atom stereocenters. The van der Waals surface area contributed by atoms with Crippen molar-refractivity contribution in [1.82, 2.24) is 0 Å². The van der Waals surface area contributed by atoms with Crippen LogP contribution in [0.5, 0.6) is 5.75 Å². The first-order valence-electron chi connectivity index (χ1n) is 5.26. The molecule has 0 atom stereocenters. The molecule has 0 spiro atoms. The fourth-order valence-electron chi connectivity index (χ4n) is 1.51. The molecule has 18 heavy (non-hydrogen) atoms. The third-order valence-electron chi connectivity index (χ3n) is 2.46. The lowest BCUT2D eigenvalue weighted by molar-refractivity contribution is 0.415. The minimum atomic E-state index is 0.644. The zero-order valence-corrected chi connectivity index (χ0v) is 12.6. The van der Waals surface area contributed by atoms with E-state index in [4.69, 9.17) is 22.1 Å². The normalized spacial score (nSPS) is 10.2. The van der Waals surface area contributed by atoms with Crippen LogP contribution in [0.1, 0.15) is 0 Å². The van der Waals surface area contributed by atoms with Gasteiger partial charge in [0.2, 0.25) is 0 Å². The van der Waals surface area contributed by atoms with E-state index < -0.39 is 0 Å². The van der Waals surface area contributed by atoms with Crippen molar-refractivity contribution in [2.75, 3.05) is 18.2 Å². The lowest BCUT2D eigenvalue weighted by Crippen LogP contribution is -1.97. The summed E-state index contributed by atoms with van der Waals surface area (Å²) < 4.78 is 6.25. The fraction of sp³-hybridized carbons (Fsp3) is 0.0769. The zero-order chi connectivity index (χ0) is 13.1. The van der Waals surface area contributed by atoms with E-state index in [-0.39, 0.29) is 0 Å². The second-order valence-corrected chi connectivity index (χ2v) is 5.36. The van der Waals surface area contributed by atoms with Crippen LogP contribution in [0.3, 0.4) is 0 Å². The van der Waals surface area contributed by atoms with Crippen molar-refractivity contribution in [3.8, 4) is 5.75 Å². The highest BCUT2D eigenvalue weighted by atomic mass is 127. The number of ether oxygens (including phenoxy) is 1. The van der Waals surface area contributed by atoms with Gasteiger partial charge in [-0.15, -0.1) is 0 Å². The molecular formula is C13H12ClIN2O. The summed E-state index contributed by atoms with van der Waals surface area (Å²) in [6, 6.07) is 11.2. The Kier molecular flexibility index (Phi) is 4.19. The molecule has 0 aromatic heterocycles. The molecule has 5 heteroatoms. The average Bonchev–Trinajstić information content (AvgIpc) is 2.35. The van der Waals surface area contributed by atoms with Crippen LogP contribution < -0.4 is 15.8 Å². The van der Waals surface area contributed by atoms with Crippen molar-refractivity contribution in [2.45, 2.75) is 0 Å². The van der Waals surface area contributed by atoms with Crippen LogP contribution >= 0.6 is 34.2 Å². The Morgan fingerprint density at radius 2 is 1.94 bits per heavy atom. The first kappa shape index (κ1) is 13.3. The minimum Gasteiger partial charge on any atom is -0.497 e. The van der Waals surface area contributed by atoms with Gasteiger partial charge >= 0.3 is 0 Å². The molecule has 0 saturated carbocycles. The van der Waals surface area contributed by atoms with E-state index in [1.807, 2.05) is 30.3 Å². The van der Waals surface area contributed by atoms with Crippen molar-refractivity contribution >= 4 is 51.3 Å². The highest BCUT2D eigenvalue weighted by Crippen LogP contribution is 2.31. The van der Waals surface area contributed by atoms with Crippen LogP contribution in [0, 0.1) is 3.57 Å². The molecular weight excluding hydrogens is 363 g/mol. The van der Waals surface area contributed by atoms with Crippen molar-refractivity contribution in [3.63, 3.8) is 0 Å². The smallest absolute Gasteiger partial charge is 0.121 e. The van der Waals surface area contributed by atoms with Crippen LogP contribution in [-0.2, 0) is 0 Å². The Morgan fingerprint density at radius 3 is 2.61 bits per heavy atom. The second kappa shape index (κ2) is 5.67. The van der Waals surface area contributed by atoms with Gasteiger partial charge in [0.05, 0.1) is 29.2 Å². The van der Waals surface area contributed by atoms with Crippen LogP contribution in [-0.4, -0.2) is 7.11 Å². The number of hydrogen-bond donors (Lipinski definition) is 2. The zero-order valence-electron chi connectivity index (χ0n) is 9.71. The number of benzene rings is 2. The number of nitrogens with one attached hydrogen (secondary N) is 1. The third-order valence-corrected chi connectivity index (χ3v) is 3.44. The Bertz CT molecular complexity index is 575. The molecule has 0 radical (unpaired) electrons. The molecule has 2 rings (SSSR count). The van der Waals surface area contributed by atoms with Crippen molar-refractivity contribution in [1.29, 1.82) is 0 Å². The summed E-state index contributed by atoms with van der Waals surface area (Å²) in [6.45, 7) is 0. The van der Waals surface area contributed by atoms with E-state index in [9.17, 15) is 0 Å². The van der Waals surface area contributed by atoms with Gasteiger partial charge in [-0.05, 0) is 52.9 Å². The Morgan fingerprint density at radius 1 is 1.17 bits per heavy atom.